The standard InChI is InChI=1S/C18H21N3O2/c1-23-17-7-5-6-15(11-17)20-16-10-14(12-19-13-16)18(22)21-8-3-2-4-9-21/h5-7,10-13,20H,2-4,8-9H2,1H3. The van der Waals surface area contributed by atoms with Crippen LogP contribution in [-0.2, 0) is 0 Å². The zero-order chi connectivity index (χ0) is 16.1. The van der Waals surface area contributed by atoms with Gasteiger partial charge in [0.05, 0.1) is 24.6 Å². The summed E-state index contributed by atoms with van der Waals surface area (Å²) in [5.74, 6) is 0.843. The van der Waals surface area contributed by atoms with Gasteiger partial charge in [0.1, 0.15) is 5.75 Å². The Morgan fingerprint density at radius 2 is 1.96 bits per heavy atom. The summed E-state index contributed by atoms with van der Waals surface area (Å²) >= 11 is 0. The monoisotopic (exact) mass is 311 g/mol. The van der Waals surface area contributed by atoms with E-state index in [-0.39, 0.29) is 5.91 Å². The maximum atomic E-state index is 12.5. The first-order chi connectivity index (χ1) is 11.3. The van der Waals surface area contributed by atoms with Crippen molar-refractivity contribution in [3.05, 3.63) is 48.3 Å². The van der Waals surface area contributed by atoms with Gasteiger partial charge in [-0.25, -0.2) is 0 Å². The lowest BCUT2D eigenvalue weighted by molar-refractivity contribution is 0.0724. The molecule has 1 amide bonds. The predicted molar refractivity (Wildman–Crippen MR) is 90.3 cm³/mol. The molecular weight excluding hydrogens is 290 g/mol. The van der Waals surface area contributed by atoms with Gasteiger partial charge in [-0.05, 0) is 37.5 Å². The van der Waals surface area contributed by atoms with Gasteiger partial charge in [0.2, 0.25) is 0 Å². The van der Waals surface area contributed by atoms with Crippen LogP contribution < -0.4 is 10.1 Å². The molecule has 0 atom stereocenters. The summed E-state index contributed by atoms with van der Waals surface area (Å²) in [5, 5.41) is 3.26. The van der Waals surface area contributed by atoms with Crippen LogP contribution in [0.15, 0.2) is 42.7 Å². The molecule has 5 heteroatoms. The fourth-order valence-corrected chi connectivity index (χ4v) is 2.77. The SMILES string of the molecule is COc1cccc(Nc2cncc(C(=O)N3CCCCC3)c2)c1. The molecule has 1 saturated heterocycles. The molecule has 1 N–H and O–H groups in total. The molecule has 1 aromatic heterocycles. The van der Waals surface area contributed by atoms with Crippen molar-refractivity contribution < 1.29 is 9.53 Å². The van der Waals surface area contributed by atoms with Crippen molar-refractivity contribution in [2.45, 2.75) is 19.3 Å². The first-order valence-electron chi connectivity index (χ1n) is 7.92. The van der Waals surface area contributed by atoms with Crippen LogP contribution >= 0.6 is 0 Å². The first kappa shape index (κ1) is 15.3. The number of anilines is 2. The number of nitrogens with zero attached hydrogens (tertiary/aromatic N) is 2. The number of nitrogens with one attached hydrogen (secondary N) is 1. The Balaban J connectivity index is 1.75. The molecule has 0 bridgehead atoms. The molecule has 2 aromatic rings. The molecule has 0 spiro atoms. The van der Waals surface area contributed by atoms with Crippen molar-refractivity contribution >= 4 is 17.3 Å². The summed E-state index contributed by atoms with van der Waals surface area (Å²) in [6.07, 6.45) is 6.72. The molecule has 2 heterocycles. The zero-order valence-electron chi connectivity index (χ0n) is 13.3. The fourth-order valence-electron chi connectivity index (χ4n) is 2.77. The number of hydrogen-bond donors (Lipinski definition) is 1. The molecule has 1 aliphatic heterocycles. The maximum Gasteiger partial charge on any atom is 0.255 e. The molecule has 1 fully saturated rings. The van der Waals surface area contributed by atoms with Gasteiger partial charge in [-0.3, -0.25) is 9.78 Å². The Morgan fingerprint density at radius 1 is 1.13 bits per heavy atom. The maximum absolute atomic E-state index is 12.5. The van der Waals surface area contributed by atoms with E-state index >= 15 is 0 Å². The third-order valence-electron chi connectivity index (χ3n) is 3.99. The van der Waals surface area contributed by atoms with Gasteiger partial charge in [-0.2, -0.15) is 0 Å². The van der Waals surface area contributed by atoms with Gasteiger partial charge in [0.25, 0.3) is 5.91 Å². The topological polar surface area (TPSA) is 54.5 Å². The summed E-state index contributed by atoms with van der Waals surface area (Å²) in [6, 6.07) is 9.50. The van der Waals surface area contributed by atoms with Gasteiger partial charge in [-0.15, -0.1) is 0 Å². The van der Waals surface area contributed by atoms with Gasteiger partial charge >= 0.3 is 0 Å². The van der Waals surface area contributed by atoms with Gasteiger partial charge in [-0.1, -0.05) is 6.07 Å². The fraction of sp³-hybridized carbons (Fsp3) is 0.333. The normalized spacial score (nSPS) is 14.4. The number of aromatic nitrogens is 1. The second kappa shape index (κ2) is 7.13. The minimum Gasteiger partial charge on any atom is -0.497 e. The Hall–Kier alpha value is -2.56. The third-order valence-corrected chi connectivity index (χ3v) is 3.99. The highest BCUT2D eigenvalue weighted by atomic mass is 16.5. The van der Waals surface area contributed by atoms with E-state index in [0.29, 0.717) is 5.56 Å². The number of carbonyl (C=O) groups excluding carboxylic acids is 1. The summed E-state index contributed by atoms with van der Waals surface area (Å²) in [5.41, 5.74) is 2.31. The van der Waals surface area contributed by atoms with Crippen LogP contribution in [0.1, 0.15) is 29.6 Å². The lowest BCUT2D eigenvalue weighted by Crippen LogP contribution is -2.35. The van der Waals surface area contributed by atoms with Crippen molar-refractivity contribution in [1.29, 1.82) is 0 Å². The Morgan fingerprint density at radius 3 is 2.74 bits per heavy atom. The summed E-state index contributed by atoms with van der Waals surface area (Å²) in [4.78, 5) is 18.7. The van der Waals surface area contributed by atoms with Crippen LogP contribution in [0.2, 0.25) is 0 Å². The van der Waals surface area contributed by atoms with E-state index in [0.717, 1.165) is 43.1 Å². The number of likely N-dealkylation sites (tertiary alicyclic amines) is 1. The molecule has 1 aromatic carbocycles. The van der Waals surface area contributed by atoms with Crippen molar-refractivity contribution in [2.75, 3.05) is 25.5 Å². The molecule has 5 nitrogen and oxygen atoms in total. The number of carbonyl (C=O) groups is 1. The molecular formula is C18H21N3O2. The zero-order valence-corrected chi connectivity index (χ0v) is 13.3. The van der Waals surface area contributed by atoms with Crippen LogP contribution in [0.3, 0.4) is 0 Å². The van der Waals surface area contributed by atoms with Crippen LogP contribution in [0.5, 0.6) is 5.75 Å². The Bertz CT molecular complexity index is 681. The van der Waals surface area contributed by atoms with Crippen LogP contribution in [0.4, 0.5) is 11.4 Å². The minimum atomic E-state index is 0.0616. The van der Waals surface area contributed by atoms with Gasteiger partial charge in [0, 0.05) is 31.0 Å². The van der Waals surface area contributed by atoms with Crippen molar-refractivity contribution in [3.8, 4) is 5.75 Å². The quantitative estimate of drug-likeness (QED) is 0.939. The molecule has 0 radical (unpaired) electrons. The number of rotatable bonds is 4. The second-order valence-electron chi connectivity index (χ2n) is 5.67. The number of benzene rings is 1. The Kier molecular flexibility index (Phi) is 4.76. The third kappa shape index (κ3) is 3.80. The molecule has 0 aliphatic carbocycles. The number of methoxy groups -OCH3 is 1. The highest BCUT2D eigenvalue weighted by molar-refractivity contribution is 5.95. The van der Waals surface area contributed by atoms with E-state index < -0.39 is 0 Å². The lowest BCUT2D eigenvalue weighted by atomic mass is 10.1. The van der Waals surface area contributed by atoms with Crippen LogP contribution in [0.25, 0.3) is 0 Å². The molecule has 1 aliphatic rings. The number of pyridine rings is 1. The smallest absolute Gasteiger partial charge is 0.255 e. The highest BCUT2D eigenvalue weighted by Gasteiger charge is 2.18. The van der Waals surface area contributed by atoms with Crippen LogP contribution in [0, 0.1) is 0 Å². The average Bonchev–Trinajstić information content (AvgIpc) is 2.62. The number of amides is 1. The minimum absolute atomic E-state index is 0.0616. The van der Waals surface area contributed by atoms with Crippen molar-refractivity contribution in [2.24, 2.45) is 0 Å². The largest absolute Gasteiger partial charge is 0.497 e. The van der Waals surface area contributed by atoms with Crippen molar-refractivity contribution in [3.63, 3.8) is 0 Å². The van der Waals surface area contributed by atoms with E-state index in [1.54, 1.807) is 19.5 Å². The molecule has 0 saturated carbocycles. The second-order valence-corrected chi connectivity index (χ2v) is 5.67. The number of hydrogen-bond acceptors (Lipinski definition) is 4. The average molecular weight is 311 g/mol. The highest BCUT2D eigenvalue weighted by Crippen LogP contribution is 2.22. The van der Waals surface area contributed by atoms with E-state index in [2.05, 4.69) is 10.3 Å². The van der Waals surface area contributed by atoms with E-state index in [9.17, 15) is 4.79 Å². The molecule has 23 heavy (non-hydrogen) atoms. The van der Waals surface area contributed by atoms with Crippen LogP contribution in [-0.4, -0.2) is 36.0 Å². The van der Waals surface area contributed by atoms with E-state index in [1.807, 2.05) is 35.2 Å². The van der Waals surface area contributed by atoms with E-state index in [1.165, 1.54) is 6.42 Å². The summed E-state index contributed by atoms with van der Waals surface area (Å²) in [6.45, 7) is 1.68. The first-order valence-corrected chi connectivity index (χ1v) is 7.92. The van der Waals surface area contributed by atoms with Gasteiger partial charge in [0.15, 0.2) is 0 Å². The molecule has 120 valence electrons. The summed E-state index contributed by atoms with van der Waals surface area (Å²) < 4.78 is 5.22. The van der Waals surface area contributed by atoms with E-state index in [4.69, 9.17) is 4.74 Å². The molecule has 0 unspecified atom stereocenters. The lowest BCUT2D eigenvalue weighted by Gasteiger charge is -2.26. The number of piperidine rings is 1. The predicted octanol–water partition coefficient (Wildman–Crippen LogP) is 3.46. The van der Waals surface area contributed by atoms with Crippen molar-refractivity contribution in [1.82, 2.24) is 9.88 Å². The molecule has 3 rings (SSSR count). The summed E-state index contributed by atoms with van der Waals surface area (Å²) in [7, 11) is 1.64. The van der Waals surface area contributed by atoms with Gasteiger partial charge < -0.3 is 15.0 Å². The number of ether oxygens (including phenoxy) is 1. The Labute approximate surface area is 136 Å².